The fourth-order valence-corrected chi connectivity index (χ4v) is 2.48. The summed E-state index contributed by atoms with van der Waals surface area (Å²) >= 11 is 6.10. The zero-order chi connectivity index (χ0) is 12.3. The van der Waals surface area contributed by atoms with Crippen molar-refractivity contribution in [3.63, 3.8) is 0 Å². The molecule has 90 valence electrons. The molecule has 6 nitrogen and oxygen atoms in total. The molecule has 0 aromatic carbocycles. The smallest absolute Gasteiger partial charge is 0.381 e. The third kappa shape index (κ3) is 2.78. The van der Waals surface area contributed by atoms with E-state index >= 15 is 0 Å². The van der Waals surface area contributed by atoms with Crippen LogP contribution in [0.5, 0.6) is 5.88 Å². The molecular weight excluding hydrogens is 271 g/mol. The van der Waals surface area contributed by atoms with Crippen LogP contribution in [0, 0.1) is 6.92 Å². The Balaban J connectivity index is 3.07. The second-order valence-electron chi connectivity index (χ2n) is 2.69. The average Bonchev–Trinajstić information content (AvgIpc) is 2.59. The van der Waals surface area contributed by atoms with Crippen molar-refractivity contribution in [2.75, 3.05) is 14.2 Å². The van der Waals surface area contributed by atoms with Crippen molar-refractivity contribution in [3.8, 4) is 5.88 Å². The fraction of sp³-hybridized carbons (Fsp3) is 0.429. The monoisotopic (exact) mass is 282 g/mol. The highest BCUT2D eigenvalue weighted by Crippen LogP contribution is 2.49. The Morgan fingerprint density at radius 1 is 1.50 bits per heavy atom. The lowest BCUT2D eigenvalue weighted by Crippen LogP contribution is -2.13. The average molecular weight is 282 g/mol. The molecule has 1 aromatic heterocycles. The lowest BCUT2D eigenvalue weighted by atomic mass is 10.3. The van der Waals surface area contributed by atoms with Crippen LogP contribution in [0.15, 0.2) is 0 Å². The van der Waals surface area contributed by atoms with Crippen molar-refractivity contribution < 1.29 is 18.4 Å². The van der Waals surface area contributed by atoms with Crippen molar-refractivity contribution in [1.29, 1.82) is 0 Å². The van der Waals surface area contributed by atoms with E-state index < -0.39 is 12.6 Å². The topological polar surface area (TPSA) is 83.7 Å². The van der Waals surface area contributed by atoms with Crippen molar-refractivity contribution in [2.45, 2.75) is 6.92 Å². The molecule has 1 aromatic rings. The quantitative estimate of drug-likeness (QED) is 0.823. The van der Waals surface area contributed by atoms with Gasteiger partial charge >= 0.3 is 6.72 Å². The van der Waals surface area contributed by atoms with Gasteiger partial charge in [-0.25, -0.2) is 0 Å². The molecule has 0 unspecified atom stereocenters. The van der Waals surface area contributed by atoms with Crippen LogP contribution in [0.25, 0.3) is 0 Å². The summed E-state index contributed by atoms with van der Waals surface area (Å²) in [6, 6.07) is 0. The minimum atomic E-state index is -2.89. The number of carbonyl (C=O) groups is 1. The third-order valence-corrected chi connectivity index (χ3v) is 4.87. The number of carbonyl (C=O) groups excluding carboxylic acids is 1. The second-order valence-corrected chi connectivity index (χ2v) is 6.81. The van der Waals surface area contributed by atoms with E-state index in [4.69, 9.17) is 31.1 Å². The molecule has 0 saturated carbocycles. The van der Waals surface area contributed by atoms with Gasteiger partial charge in [0.05, 0.1) is 0 Å². The largest absolute Gasteiger partial charge is 0.404 e. The van der Waals surface area contributed by atoms with E-state index in [2.05, 4.69) is 4.37 Å². The van der Waals surface area contributed by atoms with E-state index in [0.717, 1.165) is 11.5 Å². The van der Waals surface area contributed by atoms with Gasteiger partial charge in [-0.05, 0) is 18.5 Å². The minimum absolute atomic E-state index is 0.0713. The van der Waals surface area contributed by atoms with E-state index in [1.807, 2.05) is 0 Å². The summed E-state index contributed by atoms with van der Waals surface area (Å²) in [5.41, 5.74) is 5.42. The molecule has 0 aliphatic heterocycles. The molecule has 16 heavy (non-hydrogen) atoms. The van der Waals surface area contributed by atoms with Crippen LogP contribution in [-0.2, 0) is 20.9 Å². The van der Waals surface area contributed by atoms with Crippen LogP contribution in [-0.4, -0.2) is 24.5 Å². The van der Waals surface area contributed by atoms with Gasteiger partial charge in [-0.1, -0.05) is 0 Å². The SMILES string of the molecule is COP(=S)(OC)Oc1nsc(C)c1C(N)=O. The standard InChI is InChI=1S/C7H11N2O4PS2/c1-4-5(6(8)10)7(9-16-4)13-14(15,11-2)12-3/h1-3H3,(H2,8,10). The van der Waals surface area contributed by atoms with E-state index in [9.17, 15) is 4.79 Å². The third-order valence-electron chi connectivity index (χ3n) is 1.72. The maximum atomic E-state index is 11.2. The zero-order valence-corrected chi connectivity index (χ0v) is 11.4. The molecular formula is C7H11N2O4PS2. The highest BCUT2D eigenvalue weighted by Gasteiger charge is 2.25. The predicted molar refractivity (Wildman–Crippen MR) is 64.3 cm³/mol. The molecule has 1 heterocycles. The van der Waals surface area contributed by atoms with Gasteiger partial charge in [-0.15, -0.1) is 0 Å². The highest BCUT2D eigenvalue weighted by molar-refractivity contribution is 8.07. The van der Waals surface area contributed by atoms with Crippen molar-refractivity contribution in [1.82, 2.24) is 4.37 Å². The summed E-state index contributed by atoms with van der Waals surface area (Å²) < 4.78 is 19.1. The molecule has 1 amide bonds. The summed E-state index contributed by atoms with van der Waals surface area (Å²) in [6.45, 7) is -1.17. The van der Waals surface area contributed by atoms with Gasteiger partial charge in [-0.3, -0.25) is 4.79 Å². The van der Waals surface area contributed by atoms with Crippen molar-refractivity contribution in [2.24, 2.45) is 5.73 Å². The first-order valence-electron chi connectivity index (χ1n) is 4.10. The Labute approximate surface area is 102 Å². The van der Waals surface area contributed by atoms with Crippen LogP contribution in [0.4, 0.5) is 0 Å². The molecule has 0 aliphatic carbocycles. The number of primary amides is 1. The Morgan fingerprint density at radius 3 is 2.50 bits per heavy atom. The van der Waals surface area contributed by atoms with Gasteiger partial charge in [0.15, 0.2) is 0 Å². The molecule has 0 atom stereocenters. The summed E-state index contributed by atoms with van der Waals surface area (Å²) in [5.74, 6) is -0.544. The molecule has 1 rings (SSSR count). The second kappa shape index (κ2) is 5.20. The minimum Gasteiger partial charge on any atom is -0.404 e. The van der Waals surface area contributed by atoms with Gasteiger partial charge in [0.1, 0.15) is 5.56 Å². The normalized spacial score (nSPS) is 11.4. The molecule has 0 aliphatic rings. The summed E-state index contributed by atoms with van der Waals surface area (Å²) in [5, 5.41) is 0. The van der Waals surface area contributed by atoms with Crippen LogP contribution < -0.4 is 10.3 Å². The van der Waals surface area contributed by atoms with E-state index in [1.165, 1.54) is 14.2 Å². The first-order chi connectivity index (χ1) is 7.43. The summed E-state index contributed by atoms with van der Waals surface area (Å²) in [7, 11) is 2.74. The first-order valence-corrected chi connectivity index (χ1v) is 7.43. The van der Waals surface area contributed by atoms with E-state index in [0.29, 0.717) is 4.88 Å². The predicted octanol–water partition coefficient (Wildman–Crippen LogP) is 1.45. The number of amides is 1. The molecule has 2 N–H and O–H groups in total. The molecule has 0 saturated heterocycles. The zero-order valence-electron chi connectivity index (χ0n) is 8.92. The number of hydrogen-bond acceptors (Lipinski definition) is 7. The number of nitrogens with zero attached hydrogens (tertiary/aromatic N) is 1. The van der Waals surface area contributed by atoms with Gasteiger partial charge < -0.3 is 19.3 Å². The number of aromatic nitrogens is 1. The fourth-order valence-electron chi connectivity index (χ4n) is 0.948. The van der Waals surface area contributed by atoms with Crippen LogP contribution in [0.2, 0.25) is 0 Å². The van der Waals surface area contributed by atoms with Crippen LogP contribution in [0.1, 0.15) is 15.2 Å². The van der Waals surface area contributed by atoms with Crippen molar-refractivity contribution in [3.05, 3.63) is 10.4 Å². The first kappa shape index (κ1) is 13.5. The van der Waals surface area contributed by atoms with Gasteiger partial charge in [0, 0.05) is 30.9 Å². The molecule has 0 radical (unpaired) electrons. The molecule has 9 heteroatoms. The summed E-state index contributed by atoms with van der Waals surface area (Å²) in [6.07, 6.45) is 0. The Bertz CT molecular complexity index is 440. The maximum absolute atomic E-state index is 11.2. The van der Waals surface area contributed by atoms with Crippen LogP contribution in [0.3, 0.4) is 0 Å². The molecule has 0 fully saturated rings. The molecule has 0 spiro atoms. The van der Waals surface area contributed by atoms with Crippen molar-refractivity contribution >= 4 is 36.0 Å². The Hall–Kier alpha value is -0.530. The van der Waals surface area contributed by atoms with Gasteiger partial charge in [-0.2, -0.15) is 4.37 Å². The number of hydrogen-bond donors (Lipinski definition) is 1. The number of nitrogens with two attached hydrogens (primary N) is 1. The van der Waals surface area contributed by atoms with Crippen LogP contribution >= 0.6 is 18.3 Å². The Kier molecular flexibility index (Phi) is 4.40. The highest BCUT2D eigenvalue weighted by atomic mass is 32.5. The number of aryl methyl sites for hydroxylation is 1. The van der Waals surface area contributed by atoms with Gasteiger partial charge in [0.2, 0.25) is 5.88 Å². The lowest BCUT2D eigenvalue weighted by Gasteiger charge is -2.16. The van der Waals surface area contributed by atoms with E-state index in [-0.39, 0.29) is 11.4 Å². The maximum Gasteiger partial charge on any atom is 0.381 e. The molecule has 0 bridgehead atoms. The lowest BCUT2D eigenvalue weighted by molar-refractivity contribution is 0.0998. The Morgan fingerprint density at radius 2 is 2.06 bits per heavy atom. The van der Waals surface area contributed by atoms with E-state index in [1.54, 1.807) is 6.92 Å². The number of rotatable bonds is 5. The van der Waals surface area contributed by atoms with Gasteiger partial charge in [0.25, 0.3) is 5.91 Å². The summed E-state index contributed by atoms with van der Waals surface area (Å²) in [4.78, 5) is 11.8.